The minimum atomic E-state index is -0.295. The van der Waals surface area contributed by atoms with Crippen molar-refractivity contribution < 1.29 is 9.53 Å². The van der Waals surface area contributed by atoms with Crippen LogP contribution in [0.5, 0.6) is 0 Å². The van der Waals surface area contributed by atoms with E-state index in [4.69, 9.17) is 4.74 Å². The van der Waals surface area contributed by atoms with Crippen LogP contribution in [0.4, 0.5) is 0 Å². The predicted octanol–water partition coefficient (Wildman–Crippen LogP) is 2.79. The van der Waals surface area contributed by atoms with Crippen molar-refractivity contribution >= 4 is 5.97 Å². The molecule has 0 spiro atoms. The zero-order valence-electron chi connectivity index (χ0n) is 8.82. The van der Waals surface area contributed by atoms with Gasteiger partial charge in [-0.1, -0.05) is 30.8 Å². The van der Waals surface area contributed by atoms with Gasteiger partial charge in [-0.2, -0.15) is 0 Å². The molecule has 0 heterocycles. The Hall–Kier alpha value is -1.57. The highest BCUT2D eigenvalue weighted by Gasteiger charge is 2.25. The lowest BCUT2D eigenvalue weighted by atomic mass is 10.1. The molecule has 0 N–H and O–H groups in total. The summed E-state index contributed by atoms with van der Waals surface area (Å²) in [6.07, 6.45) is 1.80. The van der Waals surface area contributed by atoms with Gasteiger partial charge < -0.3 is 4.74 Å². The van der Waals surface area contributed by atoms with Gasteiger partial charge in [0, 0.05) is 5.57 Å². The maximum absolute atomic E-state index is 11.4. The first kappa shape index (κ1) is 9.97. The van der Waals surface area contributed by atoms with E-state index >= 15 is 0 Å². The summed E-state index contributed by atoms with van der Waals surface area (Å²) in [5.74, 6) is -0.295. The fourth-order valence-corrected chi connectivity index (χ4v) is 1.87. The van der Waals surface area contributed by atoms with Crippen LogP contribution in [-0.4, -0.2) is 5.97 Å². The fraction of sp³-hybridized carbons (Fsp3) is 0.308. The number of benzene rings is 1. The Balaban J connectivity index is 2.14. The summed E-state index contributed by atoms with van der Waals surface area (Å²) in [5, 5.41) is 0. The average molecular weight is 202 g/mol. The van der Waals surface area contributed by atoms with Gasteiger partial charge in [0.1, 0.15) is 6.10 Å². The van der Waals surface area contributed by atoms with Crippen LogP contribution in [0, 0.1) is 0 Å². The molecule has 1 atom stereocenters. The number of fused-ring (bicyclic) bond motifs is 1. The number of hydrogen-bond acceptors (Lipinski definition) is 2. The highest BCUT2D eigenvalue weighted by atomic mass is 16.5. The van der Waals surface area contributed by atoms with E-state index in [2.05, 4.69) is 12.6 Å². The van der Waals surface area contributed by atoms with Crippen LogP contribution in [0.25, 0.3) is 0 Å². The Kier molecular flexibility index (Phi) is 2.58. The molecule has 15 heavy (non-hydrogen) atoms. The van der Waals surface area contributed by atoms with Crippen LogP contribution in [0.15, 0.2) is 36.4 Å². The number of esters is 1. The van der Waals surface area contributed by atoms with Crippen LogP contribution in [-0.2, 0) is 16.0 Å². The molecular weight excluding hydrogens is 188 g/mol. The van der Waals surface area contributed by atoms with E-state index in [0.29, 0.717) is 5.57 Å². The standard InChI is InChI=1S/C13H14O2/c1-9(2)13(14)15-12-8-7-10-5-3-4-6-11(10)12/h3-6,12H,1,7-8H2,2H3. The predicted molar refractivity (Wildman–Crippen MR) is 58.4 cm³/mol. The average Bonchev–Trinajstić information content (AvgIpc) is 2.62. The molecule has 0 bridgehead atoms. The van der Waals surface area contributed by atoms with Crippen LogP contribution >= 0.6 is 0 Å². The number of rotatable bonds is 2. The van der Waals surface area contributed by atoms with Gasteiger partial charge in [-0.3, -0.25) is 0 Å². The summed E-state index contributed by atoms with van der Waals surface area (Å²) in [6.45, 7) is 5.25. The van der Waals surface area contributed by atoms with Gasteiger partial charge in [-0.25, -0.2) is 4.79 Å². The van der Waals surface area contributed by atoms with E-state index in [1.54, 1.807) is 6.92 Å². The first-order chi connectivity index (χ1) is 7.18. The smallest absolute Gasteiger partial charge is 0.333 e. The minimum absolute atomic E-state index is 0.0783. The van der Waals surface area contributed by atoms with E-state index in [0.717, 1.165) is 18.4 Å². The number of carbonyl (C=O) groups is 1. The lowest BCUT2D eigenvalue weighted by molar-refractivity contribution is -0.144. The van der Waals surface area contributed by atoms with Crippen molar-refractivity contribution in [3.8, 4) is 0 Å². The molecule has 1 aliphatic carbocycles. The second-order valence-electron chi connectivity index (χ2n) is 3.91. The normalized spacial score (nSPS) is 18.3. The molecule has 2 rings (SSSR count). The van der Waals surface area contributed by atoms with Crippen molar-refractivity contribution in [2.75, 3.05) is 0 Å². The first-order valence-electron chi connectivity index (χ1n) is 5.13. The number of carbonyl (C=O) groups excluding carboxylic acids is 1. The Labute approximate surface area is 89.6 Å². The molecule has 2 nitrogen and oxygen atoms in total. The van der Waals surface area contributed by atoms with Crippen LogP contribution in [0.2, 0.25) is 0 Å². The van der Waals surface area contributed by atoms with Gasteiger partial charge in [0.2, 0.25) is 0 Å². The van der Waals surface area contributed by atoms with Gasteiger partial charge in [-0.05, 0) is 30.9 Å². The van der Waals surface area contributed by atoms with E-state index < -0.39 is 0 Å². The summed E-state index contributed by atoms with van der Waals surface area (Å²) < 4.78 is 5.36. The Morgan fingerprint density at radius 2 is 2.20 bits per heavy atom. The number of hydrogen-bond donors (Lipinski definition) is 0. The van der Waals surface area contributed by atoms with Crippen molar-refractivity contribution in [2.24, 2.45) is 0 Å². The third kappa shape index (κ3) is 1.94. The monoisotopic (exact) mass is 202 g/mol. The zero-order chi connectivity index (χ0) is 10.8. The Morgan fingerprint density at radius 1 is 1.47 bits per heavy atom. The van der Waals surface area contributed by atoms with Gasteiger partial charge in [0.25, 0.3) is 0 Å². The van der Waals surface area contributed by atoms with Crippen molar-refractivity contribution in [1.82, 2.24) is 0 Å². The van der Waals surface area contributed by atoms with Crippen LogP contribution in [0.1, 0.15) is 30.6 Å². The molecule has 0 saturated carbocycles. The molecule has 0 aliphatic heterocycles. The number of ether oxygens (including phenoxy) is 1. The molecule has 0 saturated heterocycles. The molecule has 1 aromatic carbocycles. The third-order valence-electron chi connectivity index (χ3n) is 2.68. The highest BCUT2D eigenvalue weighted by molar-refractivity contribution is 5.87. The molecule has 0 fully saturated rings. The zero-order valence-corrected chi connectivity index (χ0v) is 8.82. The van der Waals surface area contributed by atoms with Gasteiger partial charge in [0.15, 0.2) is 0 Å². The van der Waals surface area contributed by atoms with Crippen molar-refractivity contribution in [1.29, 1.82) is 0 Å². The fourth-order valence-electron chi connectivity index (χ4n) is 1.87. The lowest BCUT2D eigenvalue weighted by Crippen LogP contribution is -2.09. The Bertz CT molecular complexity index is 407. The molecule has 1 unspecified atom stereocenters. The van der Waals surface area contributed by atoms with E-state index in [1.165, 1.54) is 5.56 Å². The van der Waals surface area contributed by atoms with Crippen molar-refractivity contribution in [3.63, 3.8) is 0 Å². The SMILES string of the molecule is C=C(C)C(=O)OC1CCc2ccccc21. The molecular formula is C13H14O2. The quantitative estimate of drug-likeness (QED) is 0.544. The van der Waals surface area contributed by atoms with E-state index in [1.807, 2.05) is 18.2 Å². The van der Waals surface area contributed by atoms with Gasteiger partial charge >= 0.3 is 5.97 Å². The molecule has 0 radical (unpaired) electrons. The second kappa shape index (κ2) is 3.89. The maximum atomic E-state index is 11.4. The molecule has 1 aromatic rings. The summed E-state index contributed by atoms with van der Waals surface area (Å²) >= 11 is 0. The third-order valence-corrected chi connectivity index (χ3v) is 2.68. The second-order valence-corrected chi connectivity index (χ2v) is 3.91. The van der Waals surface area contributed by atoms with Gasteiger partial charge in [0.05, 0.1) is 0 Å². The van der Waals surface area contributed by atoms with Crippen molar-refractivity contribution in [3.05, 3.63) is 47.5 Å². The summed E-state index contributed by atoms with van der Waals surface area (Å²) in [5.41, 5.74) is 2.89. The molecule has 78 valence electrons. The van der Waals surface area contributed by atoms with Crippen LogP contribution in [0.3, 0.4) is 0 Å². The van der Waals surface area contributed by atoms with E-state index in [-0.39, 0.29) is 12.1 Å². The number of aryl methyl sites for hydroxylation is 1. The molecule has 1 aliphatic rings. The molecule has 0 amide bonds. The van der Waals surface area contributed by atoms with E-state index in [9.17, 15) is 4.79 Å². The van der Waals surface area contributed by atoms with Gasteiger partial charge in [-0.15, -0.1) is 0 Å². The highest BCUT2D eigenvalue weighted by Crippen LogP contribution is 2.33. The maximum Gasteiger partial charge on any atom is 0.333 e. The first-order valence-corrected chi connectivity index (χ1v) is 5.13. The topological polar surface area (TPSA) is 26.3 Å². The van der Waals surface area contributed by atoms with Crippen LogP contribution < -0.4 is 0 Å². The molecule has 0 aromatic heterocycles. The summed E-state index contributed by atoms with van der Waals surface area (Å²) in [7, 11) is 0. The van der Waals surface area contributed by atoms with Crippen molar-refractivity contribution in [2.45, 2.75) is 25.9 Å². The summed E-state index contributed by atoms with van der Waals surface area (Å²) in [6, 6.07) is 8.11. The summed E-state index contributed by atoms with van der Waals surface area (Å²) in [4.78, 5) is 11.4. The Morgan fingerprint density at radius 3 is 2.93 bits per heavy atom. The lowest BCUT2D eigenvalue weighted by Gasteiger charge is -2.12. The molecule has 2 heteroatoms. The largest absolute Gasteiger partial charge is 0.454 e. The minimum Gasteiger partial charge on any atom is -0.454 e.